The highest BCUT2D eigenvalue weighted by molar-refractivity contribution is 9.10. The molecule has 0 radical (unpaired) electrons. The Morgan fingerprint density at radius 2 is 2.22 bits per heavy atom. The summed E-state index contributed by atoms with van der Waals surface area (Å²) in [6, 6.07) is 8.07. The van der Waals surface area contributed by atoms with Crippen molar-refractivity contribution in [2.75, 3.05) is 33.2 Å². The molecule has 4 heteroatoms. The Morgan fingerprint density at radius 1 is 1.44 bits per heavy atom. The van der Waals surface area contributed by atoms with E-state index in [4.69, 9.17) is 0 Å². The molecule has 1 saturated heterocycles. The van der Waals surface area contributed by atoms with E-state index in [9.17, 15) is 4.79 Å². The first-order valence-electron chi connectivity index (χ1n) is 6.27. The molecule has 1 aromatic rings. The quantitative estimate of drug-likeness (QED) is 0.800. The first kappa shape index (κ1) is 13.7. The molecule has 1 aliphatic heterocycles. The second-order valence-electron chi connectivity index (χ2n) is 5.02. The van der Waals surface area contributed by atoms with Crippen LogP contribution in [-0.2, 0) is 0 Å². The predicted molar refractivity (Wildman–Crippen MR) is 77.0 cm³/mol. The molecule has 1 fully saturated rings. The van der Waals surface area contributed by atoms with Crippen LogP contribution in [0.1, 0.15) is 17.3 Å². The first-order chi connectivity index (χ1) is 8.56. The maximum absolute atomic E-state index is 12.2. The van der Waals surface area contributed by atoms with Crippen LogP contribution in [0.15, 0.2) is 28.7 Å². The van der Waals surface area contributed by atoms with Crippen LogP contribution in [0.5, 0.6) is 0 Å². The topological polar surface area (TPSA) is 23.6 Å². The number of halogens is 1. The Morgan fingerprint density at radius 3 is 2.89 bits per heavy atom. The van der Waals surface area contributed by atoms with Gasteiger partial charge in [-0.2, -0.15) is 0 Å². The van der Waals surface area contributed by atoms with Crippen LogP contribution in [0.4, 0.5) is 0 Å². The predicted octanol–water partition coefficient (Wildman–Crippen LogP) is 2.27. The van der Waals surface area contributed by atoms with Crippen LogP contribution in [0.25, 0.3) is 0 Å². The molecule has 1 heterocycles. The summed E-state index contributed by atoms with van der Waals surface area (Å²) < 4.78 is 0.958. The van der Waals surface area contributed by atoms with Crippen molar-refractivity contribution in [3.8, 4) is 0 Å². The lowest BCUT2D eigenvalue weighted by atomic mass is 10.1. The SMILES string of the molecule is CC1CN(C)CCN1CC(=O)c1cccc(Br)c1. The highest BCUT2D eigenvalue weighted by Gasteiger charge is 2.23. The molecule has 18 heavy (non-hydrogen) atoms. The number of likely N-dealkylation sites (N-methyl/N-ethyl adjacent to an activating group) is 1. The molecule has 1 aromatic carbocycles. The number of hydrogen-bond donors (Lipinski definition) is 0. The highest BCUT2D eigenvalue weighted by atomic mass is 79.9. The Bertz CT molecular complexity index is 436. The minimum absolute atomic E-state index is 0.202. The van der Waals surface area contributed by atoms with Gasteiger partial charge in [-0.1, -0.05) is 28.1 Å². The maximum Gasteiger partial charge on any atom is 0.176 e. The molecule has 3 nitrogen and oxygen atoms in total. The number of benzene rings is 1. The van der Waals surface area contributed by atoms with Gasteiger partial charge in [0.05, 0.1) is 6.54 Å². The van der Waals surface area contributed by atoms with Gasteiger partial charge >= 0.3 is 0 Å². The first-order valence-corrected chi connectivity index (χ1v) is 7.07. The van der Waals surface area contributed by atoms with Gasteiger partial charge in [0.25, 0.3) is 0 Å². The van der Waals surface area contributed by atoms with Crippen molar-refractivity contribution in [2.45, 2.75) is 13.0 Å². The third-order valence-corrected chi connectivity index (χ3v) is 3.95. The van der Waals surface area contributed by atoms with E-state index < -0.39 is 0 Å². The van der Waals surface area contributed by atoms with Crippen LogP contribution in [0, 0.1) is 0 Å². The molecular formula is C14H19BrN2O. The average molecular weight is 311 g/mol. The monoisotopic (exact) mass is 310 g/mol. The van der Waals surface area contributed by atoms with Crippen molar-refractivity contribution in [3.63, 3.8) is 0 Å². The van der Waals surface area contributed by atoms with E-state index in [2.05, 4.69) is 39.7 Å². The van der Waals surface area contributed by atoms with Crippen molar-refractivity contribution in [2.24, 2.45) is 0 Å². The van der Waals surface area contributed by atoms with Crippen molar-refractivity contribution in [1.29, 1.82) is 0 Å². The number of carbonyl (C=O) groups is 1. The van der Waals surface area contributed by atoms with E-state index in [1.165, 1.54) is 0 Å². The molecule has 0 N–H and O–H groups in total. The number of piperazine rings is 1. The van der Waals surface area contributed by atoms with E-state index in [1.807, 2.05) is 24.3 Å². The Balaban J connectivity index is 1.99. The zero-order valence-corrected chi connectivity index (χ0v) is 12.5. The second-order valence-corrected chi connectivity index (χ2v) is 5.93. The number of nitrogens with zero attached hydrogens (tertiary/aromatic N) is 2. The lowest BCUT2D eigenvalue weighted by molar-refractivity contribution is 0.0747. The molecule has 0 bridgehead atoms. The van der Waals surface area contributed by atoms with Gasteiger partial charge in [-0.15, -0.1) is 0 Å². The van der Waals surface area contributed by atoms with Gasteiger partial charge < -0.3 is 4.90 Å². The summed E-state index contributed by atoms with van der Waals surface area (Å²) in [7, 11) is 2.13. The van der Waals surface area contributed by atoms with Gasteiger partial charge in [0, 0.05) is 35.7 Å². The molecule has 98 valence electrons. The average Bonchev–Trinajstić information content (AvgIpc) is 2.32. The number of hydrogen-bond acceptors (Lipinski definition) is 3. The van der Waals surface area contributed by atoms with Gasteiger partial charge in [0.2, 0.25) is 0 Å². The summed E-state index contributed by atoms with van der Waals surface area (Å²) in [4.78, 5) is 16.8. The van der Waals surface area contributed by atoms with Crippen LogP contribution < -0.4 is 0 Å². The van der Waals surface area contributed by atoms with E-state index in [0.29, 0.717) is 12.6 Å². The van der Waals surface area contributed by atoms with Crippen molar-refractivity contribution in [3.05, 3.63) is 34.3 Å². The molecule has 0 aromatic heterocycles. The molecule has 0 saturated carbocycles. The van der Waals surface area contributed by atoms with E-state index in [0.717, 1.165) is 29.7 Å². The van der Waals surface area contributed by atoms with Crippen LogP contribution in [0.3, 0.4) is 0 Å². The molecule has 0 amide bonds. The summed E-state index contributed by atoms with van der Waals surface area (Å²) in [5.41, 5.74) is 0.788. The molecule has 1 aliphatic rings. The lowest BCUT2D eigenvalue weighted by Gasteiger charge is -2.37. The number of rotatable bonds is 3. The van der Waals surface area contributed by atoms with Gasteiger partial charge in [-0.25, -0.2) is 0 Å². The largest absolute Gasteiger partial charge is 0.304 e. The Kier molecular flexibility index (Phi) is 4.54. The third kappa shape index (κ3) is 3.40. The fourth-order valence-corrected chi connectivity index (χ4v) is 2.75. The smallest absolute Gasteiger partial charge is 0.176 e. The second kappa shape index (κ2) is 5.95. The van der Waals surface area contributed by atoms with Crippen molar-refractivity contribution in [1.82, 2.24) is 9.80 Å². The normalized spacial score (nSPS) is 22.1. The molecule has 1 unspecified atom stereocenters. The zero-order chi connectivity index (χ0) is 13.1. The zero-order valence-electron chi connectivity index (χ0n) is 10.9. The van der Waals surface area contributed by atoms with Crippen molar-refractivity contribution >= 4 is 21.7 Å². The summed E-state index contributed by atoms with van der Waals surface area (Å²) in [6.07, 6.45) is 0. The standard InChI is InChI=1S/C14H19BrN2O/c1-11-9-16(2)6-7-17(11)10-14(18)12-4-3-5-13(15)8-12/h3-5,8,11H,6-7,9-10H2,1-2H3. The van der Waals surface area contributed by atoms with E-state index >= 15 is 0 Å². The van der Waals surface area contributed by atoms with Crippen LogP contribution >= 0.6 is 15.9 Å². The summed E-state index contributed by atoms with van der Waals surface area (Å²) in [6.45, 7) is 5.74. The van der Waals surface area contributed by atoms with Crippen molar-refractivity contribution < 1.29 is 4.79 Å². The molecule has 2 rings (SSSR count). The molecule has 0 spiro atoms. The van der Waals surface area contributed by atoms with Crippen LogP contribution in [-0.4, -0.2) is 54.9 Å². The van der Waals surface area contributed by atoms with E-state index in [1.54, 1.807) is 0 Å². The highest BCUT2D eigenvalue weighted by Crippen LogP contribution is 2.14. The van der Waals surface area contributed by atoms with E-state index in [-0.39, 0.29) is 5.78 Å². The van der Waals surface area contributed by atoms with Gasteiger partial charge in [-0.3, -0.25) is 9.69 Å². The number of Topliss-reactive ketones (excluding diaryl/α,β-unsaturated/α-hetero) is 1. The fraction of sp³-hybridized carbons (Fsp3) is 0.500. The summed E-state index contributed by atoms with van der Waals surface area (Å²) >= 11 is 3.40. The maximum atomic E-state index is 12.2. The third-order valence-electron chi connectivity index (χ3n) is 3.46. The lowest BCUT2D eigenvalue weighted by Crippen LogP contribution is -2.51. The summed E-state index contributed by atoms with van der Waals surface area (Å²) in [5, 5.41) is 0. The molecular weight excluding hydrogens is 292 g/mol. The van der Waals surface area contributed by atoms with Gasteiger partial charge in [0.1, 0.15) is 0 Å². The summed E-state index contributed by atoms with van der Waals surface area (Å²) in [5.74, 6) is 0.202. The van der Waals surface area contributed by atoms with Crippen LogP contribution in [0.2, 0.25) is 0 Å². The fourth-order valence-electron chi connectivity index (χ4n) is 2.35. The molecule has 0 aliphatic carbocycles. The Hall–Kier alpha value is -0.710. The van der Waals surface area contributed by atoms with Gasteiger partial charge in [-0.05, 0) is 26.1 Å². The molecule has 1 atom stereocenters. The van der Waals surface area contributed by atoms with Gasteiger partial charge in [0.15, 0.2) is 5.78 Å². The minimum atomic E-state index is 0.202. The minimum Gasteiger partial charge on any atom is -0.304 e. The number of carbonyl (C=O) groups excluding carboxylic acids is 1. The number of ketones is 1. The Labute approximate surface area is 117 Å².